The van der Waals surface area contributed by atoms with E-state index >= 15 is 0 Å². The summed E-state index contributed by atoms with van der Waals surface area (Å²) in [7, 11) is -3.52. The fourth-order valence-electron chi connectivity index (χ4n) is 4.04. The minimum absolute atomic E-state index is 0.0468. The Morgan fingerprint density at radius 1 is 1.15 bits per heavy atom. The van der Waals surface area contributed by atoms with Crippen molar-refractivity contribution in [3.63, 3.8) is 0 Å². The molecule has 2 aromatic carbocycles. The highest BCUT2D eigenvalue weighted by Crippen LogP contribution is 2.31. The molecule has 0 saturated carbocycles. The zero-order valence-electron chi connectivity index (χ0n) is 19.7. The minimum Gasteiger partial charge on any atom is -0.486 e. The Morgan fingerprint density at radius 3 is 2.59 bits per heavy atom. The Morgan fingerprint density at radius 2 is 1.88 bits per heavy atom. The number of benzene rings is 2. The van der Waals surface area contributed by atoms with Gasteiger partial charge in [0.15, 0.2) is 0 Å². The van der Waals surface area contributed by atoms with Gasteiger partial charge in [-0.05, 0) is 49.2 Å². The lowest BCUT2D eigenvalue weighted by atomic mass is 10.2. The van der Waals surface area contributed by atoms with E-state index in [1.54, 1.807) is 23.1 Å². The predicted octanol–water partition coefficient (Wildman–Crippen LogP) is 4.19. The molecular formula is C25H29N3O4S2. The van der Waals surface area contributed by atoms with Crippen LogP contribution in [0.3, 0.4) is 0 Å². The van der Waals surface area contributed by atoms with Crippen molar-refractivity contribution in [1.29, 1.82) is 0 Å². The summed E-state index contributed by atoms with van der Waals surface area (Å²) >= 11 is 1.48. The number of sulfonamides is 1. The summed E-state index contributed by atoms with van der Waals surface area (Å²) in [6.45, 7) is 7.42. The lowest BCUT2D eigenvalue weighted by Gasteiger charge is -2.20. The highest BCUT2D eigenvalue weighted by atomic mass is 32.2. The van der Waals surface area contributed by atoms with Crippen molar-refractivity contribution in [1.82, 2.24) is 9.29 Å². The number of carbonyl (C=O) groups is 1. The summed E-state index contributed by atoms with van der Waals surface area (Å²) in [5.41, 5.74) is 3.55. The third-order valence-electron chi connectivity index (χ3n) is 5.91. The van der Waals surface area contributed by atoms with Crippen LogP contribution in [0, 0.1) is 6.92 Å². The van der Waals surface area contributed by atoms with E-state index in [0.29, 0.717) is 38.4 Å². The molecule has 0 aliphatic carbocycles. The second-order valence-electron chi connectivity index (χ2n) is 8.19. The first kappa shape index (κ1) is 24.4. The molecule has 0 atom stereocenters. The molecule has 4 rings (SSSR count). The Kier molecular flexibility index (Phi) is 7.35. The van der Waals surface area contributed by atoms with Crippen LogP contribution in [0.25, 0.3) is 0 Å². The lowest BCUT2D eigenvalue weighted by molar-refractivity contribution is -0.117. The Hall–Kier alpha value is -2.75. The molecule has 0 fully saturated rings. The van der Waals surface area contributed by atoms with Gasteiger partial charge in [-0.2, -0.15) is 4.31 Å². The molecule has 1 aliphatic rings. The fourth-order valence-corrected chi connectivity index (χ4v) is 6.25. The molecule has 1 aromatic heterocycles. The molecule has 1 amide bonds. The molecule has 7 nitrogen and oxygen atoms in total. The van der Waals surface area contributed by atoms with Crippen molar-refractivity contribution >= 4 is 33.0 Å². The van der Waals surface area contributed by atoms with E-state index in [0.717, 1.165) is 22.0 Å². The van der Waals surface area contributed by atoms with Crippen LogP contribution in [0.5, 0.6) is 5.75 Å². The Bertz CT molecular complexity index is 1270. The van der Waals surface area contributed by atoms with Crippen molar-refractivity contribution in [3.05, 3.63) is 69.7 Å². The van der Waals surface area contributed by atoms with Gasteiger partial charge in [0.1, 0.15) is 17.4 Å². The molecule has 0 unspecified atom stereocenters. The van der Waals surface area contributed by atoms with E-state index in [1.807, 2.05) is 50.4 Å². The molecule has 0 spiro atoms. The van der Waals surface area contributed by atoms with Crippen LogP contribution in [0.2, 0.25) is 0 Å². The second-order valence-corrected chi connectivity index (χ2v) is 11.1. The van der Waals surface area contributed by atoms with Crippen LogP contribution in [0.1, 0.15) is 35.7 Å². The van der Waals surface area contributed by atoms with Gasteiger partial charge in [0.25, 0.3) is 0 Å². The molecule has 0 N–H and O–H groups in total. The van der Waals surface area contributed by atoms with Crippen molar-refractivity contribution in [2.75, 3.05) is 24.5 Å². The number of anilines is 1. The van der Waals surface area contributed by atoms with Gasteiger partial charge in [-0.15, -0.1) is 11.3 Å². The van der Waals surface area contributed by atoms with Crippen molar-refractivity contribution in [2.45, 2.75) is 45.1 Å². The lowest BCUT2D eigenvalue weighted by Crippen LogP contribution is -2.31. The number of fused-ring (bicyclic) bond motifs is 1. The molecule has 180 valence electrons. The first-order valence-electron chi connectivity index (χ1n) is 11.4. The normalized spacial score (nSPS) is 13.4. The molecule has 0 radical (unpaired) electrons. The van der Waals surface area contributed by atoms with Gasteiger partial charge in [-0.25, -0.2) is 13.4 Å². The third kappa shape index (κ3) is 5.16. The van der Waals surface area contributed by atoms with Crippen LogP contribution in [0.15, 0.2) is 52.7 Å². The molecule has 9 heteroatoms. The quantitative estimate of drug-likeness (QED) is 0.441. The Balaban J connectivity index is 1.40. The molecule has 3 aromatic rings. The van der Waals surface area contributed by atoms with Gasteiger partial charge in [0, 0.05) is 30.7 Å². The highest BCUT2D eigenvalue weighted by molar-refractivity contribution is 7.89. The van der Waals surface area contributed by atoms with Gasteiger partial charge in [-0.1, -0.05) is 31.5 Å². The smallest absolute Gasteiger partial charge is 0.243 e. The van der Waals surface area contributed by atoms with E-state index in [4.69, 9.17) is 4.74 Å². The van der Waals surface area contributed by atoms with Gasteiger partial charge < -0.3 is 9.64 Å². The molecule has 34 heavy (non-hydrogen) atoms. The molecular weight excluding hydrogens is 470 g/mol. The molecule has 0 saturated heterocycles. The number of rotatable bonds is 9. The predicted molar refractivity (Wildman–Crippen MR) is 134 cm³/mol. The van der Waals surface area contributed by atoms with Crippen LogP contribution >= 0.6 is 11.3 Å². The zero-order chi connectivity index (χ0) is 24.3. The summed E-state index contributed by atoms with van der Waals surface area (Å²) in [6, 6.07) is 12.9. The summed E-state index contributed by atoms with van der Waals surface area (Å²) in [5.74, 6) is 0.740. The first-order valence-corrected chi connectivity index (χ1v) is 13.7. The number of hydrogen-bond acceptors (Lipinski definition) is 6. The maximum absolute atomic E-state index is 13.0. The molecule has 2 heterocycles. The van der Waals surface area contributed by atoms with Gasteiger partial charge in [0.05, 0.1) is 17.0 Å². The van der Waals surface area contributed by atoms with Gasteiger partial charge >= 0.3 is 0 Å². The zero-order valence-corrected chi connectivity index (χ0v) is 21.3. The van der Waals surface area contributed by atoms with Gasteiger partial charge in [-0.3, -0.25) is 4.79 Å². The van der Waals surface area contributed by atoms with Crippen molar-refractivity contribution in [3.8, 4) is 5.75 Å². The summed E-state index contributed by atoms with van der Waals surface area (Å²) in [6.07, 6.45) is 0.829. The maximum atomic E-state index is 13.0. The number of aromatic nitrogens is 1. The van der Waals surface area contributed by atoms with Crippen molar-refractivity contribution in [2.24, 2.45) is 0 Å². The largest absolute Gasteiger partial charge is 0.486 e. The van der Waals surface area contributed by atoms with Crippen LogP contribution in [0.4, 0.5) is 5.69 Å². The number of hydrogen-bond donors (Lipinski definition) is 0. The summed E-state index contributed by atoms with van der Waals surface area (Å²) in [5, 5.41) is 2.71. The van der Waals surface area contributed by atoms with Crippen LogP contribution in [-0.2, 0) is 34.3 Å². The van der Waals surface area contributed by atoms with E-state index in [2.05, 4.69) is 4.98 Å². The van der Waals surface area contributed by atoms with Crippen molar-refractivity contribution < 1.29 is 17.9 Å². The number of ether oxygens (including phenoxy) is 1. The first-order chi connectivity index (χ1) is 16.3. The fraction of sp³-hybridized carbons (Fsp3) is 0.360. The monoisotopic (exact) mass is 499 g/mol. The number of aryl methyl sites for hydroxylation is 1. The van der Waals surface area contributed by atoms with Crippen LogP contribution in [-0.4, -0.2) is 43.2 Å². The number of thiazole rings is 1. The maximum Gasteiger partial charge on any atom is 0.243 e. The SMILES string of the molecule is CCN(CC)S(=O)(=O)c1ccc2c(c1)CCN2C(=O)Cc1csc(COc2ccc(C)cc2)n1. The molecule has 1 aliphatic heterocycles. The van der Waals surface area contributed by atoms with Gasteiger partial charge in [0.2, 0.25) is 15.9 Å². The summed E-state index contributed by atoms with van der Waals surface area (Å²) in [4.78, 5) is 19.6. The number of nitrogens with zero attached hydrogens (tertiary/aromatic N) is 3. The van der Waals surface area contributed by atoms with Crippen LogP contribution < -0.4 is 9.64 Å². The molecule has 0 bridgehead atoms. The number of amides is 1. The second kappa shape index (κ2) is 10.2. The number of carbonyl (C=O) groups excluding carboxylic acids is 1. The van der Waals surface area contributed by atoms with E-state index in [9.17, 15) is 13.2 Å². The standard InChI is InChI=1S/C25H29N3O4S2/c1-4-27(5-2)34(30,31)22-10-11-23-19(14-22)12-13-28(23)25(29)15-20-17-33-24(26-20)16-32-21-8-6-18(3)7-9-21/h6-11,14,17H,4-5,12-13,15-16H2,1-3H3. The minimum atomic E-state index is -3.52. The third-order valence-corrected chi connectivity index (χ3v) is 8.82. The summed E-state index contributed by atoms with van der Waals surface area (Å²) < 4.78 is 32.9. The topological polar surface area (TPSA) is 79.8 Å². The Labute approximate surface area is 205 Å². The highest BCUT2D eigenvalue weighted by Gasteiger charge is 2.28. The van der Waals surface area contributed by atoms with E-state index in [1.165, 1.54) is 21.2 Å². The van der Waals surface area contributed by atoms with E-state index in [-0.39, 0.29) is 17.2 Å². The average molecular weight is 500 g/mol. The van der Waals surface area contributed by atoms with E-state index < -0.39 is 10.0 Å². The average Bonchev–Trinajstić information content (AvgIpc) is 3.45.